The molecular weight excluding hydrogens is 140 g/mol. The van der Waals surface area contributed by atoms with Crippen LogP contribution in [-0.4, -0.2) is 19.0 Å². The van der Waals surface area contributed by atoms with Gasteiger partial charge in [-0.3, -0.25) is 4.79 Å². The van der Waals surface area contributed by atoms with Crippen molar-refractivity contribution < 1.29 is 4.79 Å². The van der Waals surface area contributed by atoms with Crippen LogP contribution in [0.4, 0.5) is 0 Å². The van der Waals surface area contributed by atoms with E-state index in [0.717, 1.165) is 25.9 Å². The van der Waals surface area contributed by atoms with Crippen molar-refractivity contribution in [3.63, 3.8) is 0 Å². The fourth-order valence-corrected chi connectivity index (χ4v) is 0.899. The largest absolute Gasteiger partial charge is 0.369 e. The maximum Gasteiger partial charge on any atom is 0.221 e. The number of carbonyl (C=O) groups is 1. The molecule has 66 valence electrons. The van der Waals surface area contributed by atoms with Crippen LogP contribution in [0.2, 0.25) is 0 Å². The molecule has 0 aliphatic carbocycles. The third-order valence-electron chi connectivity index (χ3n) is 1.71. The van der Waals surface area contributed by atoms with Gasteiger partial charge in [-0.25, -0.2) is 0 Å². The standard InChI is InChI=1S/C8H18N2O/c1-3-5-10-6-7(4-2)8(9)11/h7,10H,3-6H2,1-2H3,(H2,9,11). The zero-order valence-electron chi connectivity index (χ0n) is 7.39. The van der Waals surface area contributed by atoms with Crippen molar-refractivity contribution in [2.45, 2.75) is 26.7 Å². The van der Waals surface area contributed by atoms with Crippen LogP contribution in [0.5, 0.6) is 0 Å². The molecule has 0 radical (unpaired) electrons. The number of carbonyl (C=O) groups excluding carboxylic acids is 1. The highest BCUT2D eigenvalue weighted by Crippen LogP contribution is 1.98. The Bertz CT molecular complexity index is 115. The second-order valence-corrected chi connectivity index (χ2v) is 2.71. The highest BCUT2D eigenvalue weighted by Gasteiger charge is 2.10. The molecule has 0 aliphatic rings. The normalized spacial score (nSPS) is 12.9. The molecule has 1 amide bonds. The molecule has 3 heteroatoms. The van der Waals surface area contributed by atoms with E-state index in [2.05, 4.69) is 12.2 Å². The summed E-state index contributed by atoms with van der Waals surface area (Å²) in [5, 5.41) is 3.17. The molecule has 0 aromatic rings. The van der Waals surface area contributed by atoms with E-state index < -0.39 is 0 Å². The maximum atomic E-state index is 10.7. The van der Waals surface area contributed by atoms with Gasteiger partial charge in [0.05, 0.1) is 0 Å². The van der Waals surface area contributed by atoms with Crippen LogP contribution in [0.25, 0.3) is 0 Å². The van der Waals surface area contributed by atoms with Gasteiger partial charge in [-0.15, -0.1) is 0 Å². The van der Waals surface area contributed by atoms with E-state index >= 15 is 0 Å². The van der Waals surface area contributed by atoms with E-state index in [0.29, 0.717) is 0 Å². The van der Waals surface area contributed by atoms with Gasteiger partial charge < -0.3 is 11.1 Å². The van der Waals surface area contributed by atoms with Gasteiger partial charge in [-0.05, 0) is 19.4 Å². The number of hydrogen-bond donors (Lipinski definition) is 2. The van der Waals surface area contributed by atoms with Gasteiger partial charge in [0.25, 0.3) is 0 Å². The van der Waals surface area contributed by atoms with Gasteiger partial charge in [0.15, 0.2) is 0 Å². The van der Waals surface area contributed by atoms with Crippen molar-refractivity contribution >= 4 is 5.91 Å². The van der Waals surface area contributed by atoms with Crippen LogP contribution in [0.3, 0.4) is 0 Å². The zero-order chi connectivity index (χ0) is 8.69. The first-order valence-electron chi connectivity index (χ1n) is 4.22. The third-order valence-corrected chi connectivity index (χ3v) is 1.71. The van der Waals surface area contributed by atoms with E-state index in [1.807, 2.05) is 6.92 Å². The third kappa shape index (κ3) is 4.79. The lowest BCUT2D eigenvalue weighted by Crippen LogP contribution is -2.32. The molecule has 0 saturated heterocycles. The summed E-state index contributed by atoms with van der Waals surface area (Å²) in [6, 6.07) is 0. The van der Waals surface area contributed by atoms with E-state index in [9.17, 15) is 4.79 Å². The van der Waals surface area contributed by atoms with E-state index in [4.69, 9.17) is 5.73 Å². The number of nitrogens with two attached hydrogens (primary N) is 1. The van der Waals surface area contributed by atoms with Crippen LogP contribution in [0, 0.1) is 5.92 Å². The number of nitrogens with one attached hydrogen (secondary N) is 1. The fraction of sp³-hybridized carbons (Fsp3) is 0.875. The average Bonchev–Trinajstić information content (AvgIpc) is 1.97. The lowest BCUT2D eigenvalue weighted by atomic mass is 10.1. The predicted molar refractivity (Wildman–Crippen MR) is 46.1 cm³/mol. The molecular formula is C8H18N2O. The molecule has 3 nitrogen and oxygen atoms in total. The molecule has 0 aromatic heterocycles. The molecule has 1 unspecified atom stereocenters. The molecule has 11 heavy (non-hydrogen) atoms. The number of primary amides is 1. The van der Waals surface area contributed by atoms with Crippen LogP contribution in [-0.2, 0) is 4.79 Å². The molecule has 0 aliphatic heterocycles. The van der Waals surface area contributed by atoms with Crippen molar-refractivity contribution in [3.8, 4) is 0 Å². The number of amides is 1. The Morgan fingerprint density at radius 3 is 2.55 bits per heavy atom. The van der Waals surface area contributed by atoms with Crippen molar-refractivity contribution in [1.29, 1.82) is 0 Å². The first-order chi connectivity index (χ1) is 5.22. The summed E-state index contributed by atoms with van der Waals surface area (Å²) in [4.78, 5) is 10.7. The van der Waals surface area contributed by atoms with Crippen molar-refractivity contribution in [2.75, 3.05) is 13.1 Å². The summed E-state index contributed by atoms with van der Waals surface area (Å²) < 4.78 is 0. The lowest BCUT2D eigenvalue weighted by Gasteiger charge is -2.10. The van der Waals surface area contributed by atoms with E-state index in [-0.39, 0.29) is 11.8 Å². The highest BCUT2D eigenvalue weighted by molar-refractivity contribution is 5.76. The van der Waals surface area contributed by atoms with E-state index in [1.165, 1.54) is 0 Å². The molecule has 0 fully saturated rings. The van der Waals surface area contributed by atoms with Gasteiger partial charge in [0, 0.05) is 12.5 Å². The van der Waals surface area contributed by atoms with Gasteiger partial charge in [-0.1, -0.05) is 13.8 Å². The SMILES string of the molecule is CCCNCC(CC)C(N)=O. The van der Waals surface area contributed by atoms with Crippen LogP contribution in [0.15, 0.2) is 0 Å². The summed E-state index contributed by atoms with van der Waals surface area (Å²) in [5.41, 5.74) is 5.15. The molecule has 0 heterocycles. The Balaban J connectivity index is 3.44. The average molecular weight is 158 g/mol. The Morgan fingerprint density at radius 2 is 2.18 bits per heavy atom. The quantitative estimate of drug-likeness (QED) is 0.553. The summed E-state index contributed by atoms with van der Waals surface area (Å²) in [7, 11) is 0. The first kappa shape index (κ1) is 10.4. The molecule has 3 N–H and O–H groups in total. The molecule has 0 bridgehead atoms. The Morgan fingerprint density at radius 1 is 1.55 bits per heavy atom. The van der Waals surface area contributed by atoms with Gasteiger partial charge in [-0.2, -0.15) is 0 Å². The van der Waals surface area contributed by atoms with Crippen LogP contribution < -0.4 is 11.1 Å². The minimum Gasteiger partial charge on any atom is -0.369 e. The highest BCUT2D eigenvalue weighted by atomic mass is 16.1. The molecule has 0 saturated carbocycles. The second-order valence-electron chi connectivity index (χ2n) is 2.71. The van der Waals surface area contributed by atoms with Crippen molar-refractivity contribution in [3.05, 3.63) is 0 Å². The fourth-order valence-electron chi connectivity index (χ4n) is 0.899. The van der Waals surface area contributed by atoms with E-state index in [1.54, 1.807) is 0 Å². The topological polar surface area (TPSA) is 55.1 Å². The monoisotopic (exact) mass is 158 g/mol. The smallest absolute Gasteiger partial charge is 0.221 e. The predicted octanol–water partition coefficient (Wildman–Crippen LogP) is 0.497. The van der Waals surface area contributed by atoms with Gasteiger partial charge >= 0.3 is 0 Å². The number of rotatable bonds is 6. The summed E-state index contributed by atoms with van der Waals surface area (Å²) in [6.07, 6.45) is 1.92. The molecule has 1 atom stereocenters. The molecule has 0 rings (SSSR count). The Labute approximate surface area is 68.3 Å². The summed E-state index contributed by atoms with van der Waals surface area (Å²) >= 11 is 0. The first-order valence-corrected chi connectivity index (χ1v) is 4.22. The van der Waals surface area contributed by atoms with Crippen LogP contribution >= 0.6 is 0 Å². The summed E-state index contributed by atoms with van der Waals surface area (Å²) in [5.74, 6) is -0.197. The van der Waals surface area contributed by atoms with Gasteiger partial charge in [0.2, 0.25) is 5.91 Å². The molecule has 0 spiro atoms. The minimum absolute atomic E-state index is 0.00144. The van der Waals surface area contributed by atoms with Gasteiger partial charge in [0.1, 0.15) is 0 Å². The second kappa shape index (κ2) is 6.16. The van der Waals surface area contributed by atoms with Crippen molar-refractivity contribution in [1.82, 2.24) is 5.32 Å². The van der Waals surface area contributed by atoms with Crippen molar-refractivity contribution in [2.24, 2.45) is 11.7 Å². The maximum absolute atomic E-state index is 10.7. The lowest BCUT2D eigenvalue weighted by molar-refractivity contribution is -0.121. The Hall–Kier alpha value is -0.570. The molecule has 0 aromatic carbocycles. The number of hydrogen-bond acceptors (Lipinski definition) is 2. The van der Waals surface area contributed by atoms with Crippen LogP contribution in [0.1, 0.15) is 26.7 Å². The zero-order valence-corrected chi connectivity index (χ0v) is 7.39. The Kier molecular flexibility index (Phi) is 5.84. The minimum atomic E-state index is -0.198. The summed E-state index contributed by atoms with van der Waals surface area (Å²) in [6.45, 7) is 5.75.